The van der Waals surface area contributed by atoms with Gasteiger partial charge in [-0.15, -0.1) is 0 Å². The molecule has 3 nitrogen and oxygen atoms in total. The monoisotopic (exact) mass is 236 g/mol. The standard InChI is InChI=1S/C14H20O3/c1-5-17-13(16)12(15)10-6-8-11(9-7-10)14(2,3)4/h6-9,12,15H,5H2,1-4H3/t12-/m0/s1. The van der Waals surface area contributed by atoms with E-state index in [1.54, 1.807) is 19.1 Å². The van der Waals surface area contributed by atoms with Gasteiger partial charge < -0.3 is 9.84 Å². The van der Waals surface area contributed by atoms with E-state index in [0.29, 0.717) is 5.56 Å². The van der Waals surface area contributed by atoms with Crippen LogP contribution >= 0.6 is 0 Å². The second-order valence-electron chi connectivity index (χ2n) is 5.03. The van der Waals surface area contributed by atoms with Gasteiger partial charge in [-0.1, -0.05) is 45.0 Å². The Hall–Kier alpha value is -1.35. The van der Waals surface area contributed by atoms with Crippen LogP contribution in [-0.2, 0) is 14.9 Å². The van der Waals surface area contributed by atoms with Gasteiger partial charge in [-0.25, -0.2) is 4.79 Å². The number of ether oxygens (including phenoxy) is 1. The molecule has 0 unspecified atom stereocenters. The Morgan fingerprint density at radius 3 is 2.24 bits per heavy atom. The van der Waals surface area contributed by atoms with Crippen molar-refractivity contribution in [2.75, 3.05) is 6.61 Å². The third-order valence-corrected chi connectivity index (χ3v) is 2.60. The molecule has 1 aromatic carbocycles. The maximum atomic E-state index is 11.4. The second-order valence-corrected chi connectivity index (χ2v) is 5.03. The highest BCUT2D eigenvalue weighted by molar-refractivity contribution is 5.76. The van der Waals surface area contributed by atoms with Gasteiger partial charge in [0, 0.05) is 0 Å². The van der Waals surface area contributed by atoms with Crippen LogP contribution in [0, 0.1) is 0 Å². The van der Waals surface area contributed by atoms with E-state index >= 15 is 0 Å². The van der Waals surface area contributed by atoms with Gasteiger partial charge in [-0.3, -0.25) is 0 Å². The third kappa shape index (κ3) is 3.56. The molecule has 0 bridgehead atoms. The first kappa shape index (κ1) is 13.7. The van der Waals surface area contributed by atoms with Crippen molar-refractivity contribution in [3.8, 4) is 0 Å². The van der Waals surface area contributed by atoms with E-state index in [-0.39, 0.29) is 12.0 Å². The van der Waals surface area contributed by atoms with Crippen LogP contribution in [0.2, 0.25) is 0 Å². The summed E-state index contributed by atoms with van der Waals surface area (Å²) in [5.41, 5.74) is 1.79. The fourth-order valence-electron chi connectivity index (χ4n) is 1.52. The molecule has 0 radical (unpaired) electrons. The fourth-order valence-corrected chi connectivity index (χ4v) is 1.52. The minimum Gasteiger partial charge on any atom is -0.464 e. The van der Waals surface area contributed by atoms with Crippen LogP contribution in [-0.4, -0.2) is 17.7 Å². The fraction of sp³-hybridized carbons (Fsp3) is 0.500. The number of benzene rings is 1. The molecule has 17 heavy (non-hydrogen) atoms. The van der Waals surface area contributed by atoms with E-state index in [1.165, 1.54) is 0 Å². The zero-order valence-electron chi connectivity index (χ0n) is 10.9. The Labute approximate surface area is 102 Å². The molecule has 0 heterocycles. The maximum Gasteiger partial charge on any atom is 0.339 e. The van der Waals surface area contributed by atoms with Crippen molar-refractivity contribution in [1.29, 1.82) is 0 Å². The van der Waals surface area contributed by atoms with Crippen LogP contribution in [0.3, 0.4) is 0 Å². The van der Waals surface area contributed by atoms with Crippen molar-refractivity contribution in [2.45, 2.75) is 39.2 Å². The molecular formula is C14H20O3. The van der Waals surface area contributed by atoms with Crippen molar-refractivity contribution in [1.82, 2.24) is 0 Å². The summed E-state index contributed by atoms with van der Waals surface area (Å²) in [5.74, 6) is -0.601. The summed E-state index contributed by atoms with van der Waals surface area (Å²) in [4.78, 5) is 11.4. The molecule has 0 aliphatic heterocycles. The number of hydrogen-bond acceptors (Lipinski definition) is 3. The lowest BCUT2D eigenvalue weighted by atomic mass is 9.86. The minimum absolute atomic E-state index is 0.0629. The Morgan fingerprint density at radius 2 is 1.82 bits per heavy atom. The molecule has 0 aliphatic rings. The number of aliphatic hydroxyl groups is 1. The van der Waals surface area contributed by atoms with E-state index in [0.717, 1.165) is 5.56 Å². The molecule has 1 aromatic rings. The molecule has 94 valence electrons. The van der Waals surface area contributed by atoms with Crippen molar-refractivity contribution < 1.29 is 14.6 Å². The predicted molar refractivity (Wildman–Crippen MR) is 66.7 cm³/mol. The van der Waals surface area contributed by atoms with Crippen molar-refractivity contribution >= 4 is 5.97 Å². The van der Waals surface area contributed by atoms with Crippen LogP contribution in [0.1, 0.15) is 44.9 Å². The summed E-state index contributed by atoms with van der Waals surface area (Å²) in [6, 6.07) is 7.39. The molecule has 0 spiro atoms. The average Bonchev–Trinajstić information content (AvgIpc) is 2.27. The van der Waals surface area contributed by atoms with Crippen LogP contribution in [0.5, 0.6) is 0 Å². The highest BCUT2D eigenvalue weighted by atomic mass is 16.5. The van der Waals surface area contributed by atoms with Crippen molar-refractivity contribution in [2.24, 2.45) is 0 Å². The third-order valence-electron chi connectivity index (χ3n) is 2.60. The van der Waals surface area contributed by atoms with Crippen LogP contribution in [0.25, 0.3) is 0 Å². The first-order valence-corrected chi connectivity index (χ1v) is 5.81. The van der Waals surface area contributed by atoms with Crippen molar-refractivity contribution in [3.05, 3.63) is 35.4 Å². The summed E-state index contributed by atoms with van der Waals surface area (Å²) in [6.45, 7) is 8.33. The summed E-state index contributed by atoms with van der Waals surface area (Å²) < 4.78 is 4.77. The summed E-state index contributed by atoms with van der Waals surface area (Å²) in [5, 5.41) is 9.74. The van der Waals surface area contributed by atoms with E-state index in [9.17, 15) is 9.90 Å². The Balaban J connectivity index is 2.84. The lowest BCUT2D eigenvalue weighted by Gasteiger charge is -2.19. The SMILES string of the molecule is CCOC(=O)[C@@H](O)c1ccc(C(C)(C)C)cc1. The van der Waals surface area contributed by atoms with Gasteiger partial charge in [0.05, 0.1) is 6.61 Å². The van der Waals surface area contributed by atoms with Gasteiger partial charge >= 0.3 is 5.97 Å². The van der Waals surface area contributed by atoms with Crippen LogP contribution in [0.15, 0.2) is 24.3 Å². The first-order chi connectivity index (χ1) is 7.86. The molecule has 1 atom stereocenters. The van der Waals surface area contributed by atoms with Gasteiger partial charge in [0.15, 0.2) is 6.10 Å². The quantitative estimate of drug-likeness (QED) is 0.820. The summed E-state index contributed by atoms with van der Waals surface area (Å²) in [7, 11) is 0. The molecule has 0 amide bonds. The first-order valence-electron chi connectivity index (χ1n) is 5.81. The van der Waals surface area contributed by atoms with Gasteiger partial charge in [0.25, 0.3) is 0 Å². The van der Waals surface area contributed by atoms with Gasteiger partial charge in [0.1, 0.15) is 0 Å². The lowest BCUT2D eigenvalue weighted by Crippen LogP contribution is -2.16. The Morgan fingerprint density at radius 1 is 1.29 bits per heavy atom. The molecule has 0 aliphatic carbocycles. The number of rotatable bonds is 3. The zero-order valence-corrected chi connectivity index (χ0v) is 10.9. The lowest BCUT2D eigenvalue weighted by molar-refractivity contribution is -0.153. The molecule has 0 saturated heterocycles. The predicted octanol–water partition coefficient (Wildman–Crippen LogP) is 2.58. The van der Waals surface area contributed by atoms with E-state index in [4.69, 9.17) is 4.74 Å². The van der Waals surface area contributed by atoms with E-state index in [1.807, 2.05) is 12.1 Å². The second kappa shape index (κ2) is 5.32. The summed E-state index contributed by atoms with van der Waals surface area (Å²) >= 11 is 0. The number of esters is 1. The van der Waals surface area contributed by atoms with Gasteiger partial charge in [-0.05, 0) is 23.5 Å². The average molecular weight is 236 g/mol. The van der Waals surface area contributed by atoms with E-state index < -0.39 is 12.1 Å². The summed E-state index contributed by atoms with van der Waals surface area (Å²) in [6.07, 6.45) is -1.19. The number of carbonyl (C=O) groups is 1. The molecule has 1 N–H and O–H groups in total. The Kier molecular flexibility index (Phi) is 4.29. The number of aliphatic hydroxyl groups excluding tert-OH is 1. The largest absolute Gasteiger partial charge is 0.464 e. The van der Waals surface area contributed by atoms with E-state index in [2.05, 4.69) is 20.8 Å². The minimum atomic E-state index is -1.19. The highest BCUT2D eigenvalue weighted by Gasteiger charge is 2.19. The van der Waals surface area contributed by atoms with Crippen molar-refractivity contribution in [3.63, 3.8) is 0 Å². The highest BCUT2D eigenvalue weighted by Crippen LogP contribution is 2.24. The van der Waals surface area contributed by atoms with Gasteiger partial charge in [0.2, 0.25) is 0 Å². The number of hydrogen-bond donors (Lipinski definition) is 1. The molecule has 3 heteroatoms. The number of carbonyl (C=O) groups excluding carboxylic acids is 1. The zero-order chi connectivity index (χ0) is 13.1. The van der Waals surface area contributed by atoms with Gasteiger partial charge in [-0.2, -0.15) is 0 Å². The molecule has 1 rings (SSSR count). The van der Waals surface area contributed by atoms with Crippen LogP contribution < -0.4 is 0 Å². The normalized spacial score (nSPS) is 13.2. The molecule has 0 fully saturated rings. The smallest absolute Gasteiger partial charge is 0.339 e. The topological polar surface area (TPSA) is 46.5 Å². The molecule has 0 saturated carbocycles. The Bertz CT molecular complexity index is 373. The molecule has 0 aromatic heterocycles. The van der Waals surface area contributed by atoms with Crippen LogP contribution in [0.4, 0.5) is 0 Å². The molecular weight excluding hydrogens is 216 g/mol. The maximum absolute atomic E-state index is 11.4.